The van der Waals surface area contributed by atoms with Crippen LogP contribution < -0.4 is 28.7 Å². The Bertz CT molecular complexity index is 8780. The van der Waals surface area contributed by atoms with Crippen LogP contribution in [0.4, 0.5) is 11.5 Å². The van der Waals surface area contributed by atoms with Crippen LogP contribution in [0.3, 0.4) is 0 Å². The fourth-order valence-corrected chi connectivity index (χ4v) is 17.6. The number of hydrogen-bond donors (Lipinski definition) is 0. The van der Waals surface area contributed by atoms with Gasteiger partial charge in [-0.05, 0) is 186 Å². The van der Waals surface area contributed by atoms with Gasteiger partial charge in [0.25, 0.3) is 0 Å². The van der Waals surface area contributed by atoms with Gasteiger partial charge in [-0.15, -0.1) is 72.8 Å². The number of para-hydroxylation sites is 4. The number of nitrogens with zero attached hydrogens (tertiary/aromatic N) is 14. The van der Waals surface area contributed by atoms with Crippen LogP contribution in [0, 0.1) is 90.1 Å². The molecule has 18 nitrogen and oxygen atoms in total. The average molecular weight is 2600 g/mol. The smallest absolute Gasteiger partial charge is 0.460 e. The maximum atomic E-state index is 5.97. The molecule has 0 N–H and O–H groups in total. The Labute approximate surface area is 892 Å². The molecule has 24 rings (SSSR count). The monoisotopic (exact) mass is 2590 g/mol. The van der Waals surface area contributed by atoms with Gasteiger partial charge >= 0.3 is 84.3 Å². The summed E-state index contributed by atoms with van der Waals surface area (Å²) in [6.07, 6.45) is 10.7. The first-order valence-electron chi connectivity index (χ1n) is 46.0. The number of pyridine rings is 8. The van der Waals surface area contributed by atoms with Crippen molar-refractivity contribution in [1.82, 2.24) is 58.1 Å². The summed E-state index contributed by atoms with van der Waals surface area (Å²) in [6, 6.07) is 137. The molecule has 12 aromatic carbocycles. The molecule has 712 valence electrons. The van der Waals surface area contributed by atoms with Gasteiger partial charge in [0.05, 0.1) is 11.9 Å². The first-order valence-corrected chi connectivity index (χ1v) is 46.0. The second-order valence-electron chi connectivity index (χ2n) is 34.3. The Kier molecular flexibility index (Phi) is 30.9. The van der Waals surface area contributed by atoms with Crippen LogP contribution in [-0.4, -0.2) is 86.3 Å². The van der Waals surface area contributed by atoms with Gasteiger partial charge in [-0.2, -0.15) is 97.1 Å². The molecule has 144 heavy (non-hydrogen) atoms. The Hall–Kier alpha value is -15.4. The zero-order valence-corrected chi connectivity index (χ0v) is 88.9. The summed E-state index contributed by atoms with van der Waals surface area (Å²) >= 11 is 0. The minimum Gasteiger partial charge on any atom is -0.460 e. The molecule has 12 heterocycles. The molecular weight excluding hydrogens is 2510 g/mol. The number of hydrogen-bond acceptors (Lipinski definition) is 14. The average Bonchev–Trinajstić information content (AvgIpc) is 1.60. The molecule has 22 heteroatoms. The van der Waals surface area contributed by atoms with Crippen LogP contribution in [0.1, 0.15) is 33.5 Å². The minimum absolute atomic E-state index is 0. The molecule has 0 atom stereocenters. The van der Waals surface area contributed by atoms with E-state index in [-0.39, 0.29) is 84.3 Å². The van der Waals surface area contributed by atoms with Crippen LogP contribution in [0.2, 0.25) is 0 Å². The van der Waals surface area contributed by atoms with Crippen molar-refractivity contribution in [3.8, 4) is 114 Å². The van der Waals surface area contributed by atoms with Crippen molar-refractivity contribution in [2.24, 2.45) is 0 Å². The fraction of sp³-hybridized carbons (Fsp3) is 0.0820. The van der Waals surface area contributed by atoms with Gasteiger partial charge in [0.2, 0.25) is 23.5 Å². The third-order valence-corrected chi connectivity index (χ3v) is 24.5. The van der Waals surface area contributed by atoms with E-state index in [0.29, 0.717) is 46.5 Å². The van der Waals surface area contributed by atoms with Crippen molar-refractivity contribution in [2.45, 2.75) is 41.5 Å². The van der Waals surface area contributed by atoms with E-state index in [2.05, 4.69) is 290 Å². The summed E-state index contributed by atoms with van der Waals surface area (Å²) in [5.74, 6) is 9.15. The first-order chi connectivity index (χ1) is 68.5. The van der Waals surface area contributed by atoms with Crippen LogP contribution >= 0.6 is 0 Å². The van der Waals surface area contributed by atoms with Gasteiger partial charge < -0.3 is 47.0 Å². The normalized spacial score (nSPS) is 10.9. The third-order valence-electron chi connectivity index (χ3n) is 24.5. The maximum Gasteiger partial charge on any atom is 2.00 e. The number of rotatable bonds is 18. The van der Waals surface area contributed by atoms with Crippen molar-refractivity contribution in [1.29, 1.82) is 0 Å². The number of anilines is 2. The Morgan fingerprint density at radius 1 is 0.236 bits per heavy atom. The molecule has 0 bridgehead atoms. The maximum absolute atomic E-state index is 5.97. The molecular formula is C122H90N14O4Pt4. The van der Waals surface area contributed by atoms with Gasteiger partial charge in [-0.3, -0.25) is 0 Å². The molecule has 24 aromatic rings. The molecule has 0 aliphatic heterocycles. The van der Waals surface area contributed by atoms with Crippen LogP contribution in [0.25, 0.3) is 155 Å². The van der Waals surface area contributed by atoms with Gasteiger partial charge in [0.15, 0.2) is 0 Å². The van der Waals surface area contributed by atoms with Crippen molar-refractivity contribution in [3.05, 3.63) is 447 Å². The molecule has 0 unspecified atom stereocenters. The van der Waals surface area contributed by atoms with E-state index in [1.165, 1.54) is 27.1 Å². The number of benzene rings is 12. The van der Waals surface area contributed by atoms with Crippen molar-refractivity contribution < 1.29 is 103 Å². The van der Waals surface area contributed by atoms with Crippen molar-refractivity contribution in [2.75, 3.05) is 38.0 Å². The van der Waals surface area contributed by atoms with E-state index in [1.54, 1.807) is 18.6 Å². The summed E-state index contributed by atoms with van der Waals surface area (Å²) in [5.41, 5.74) is 23.3. The van der Waals surface area contributed by atoms with E-state index in [9.17, 15) is 0 Å². The summed E-state index contributed by atoms with van der Waals surface area (Å²) in [6.45, 7) is 12.5. The van der Waals surface area contributed by atoms with E-state index in [1.807, 2.05) is 222 Å². The SMILES string of the molecule is Cc1cc(N(C)C)cnc1-n1c2[c-]c(-c3[c-]c(Oc4ccccn4)ccc3)ccc2c2ccccc21.Cc1ccc(N(C)C)nc1-n1c2[c-]c(-c3[c-]c(Oc4ccccn4)ccc3)ccc2c2ccccc21.Cc1cccc(Oc2[c-]c(-c3[c-]c4c(cc3)c3ccccc3n4-c3ncccc3C)ccc2)n1.Cc1ccnc(-n2c3[c-]c(-c4[c-]c(Oc5ccccn5)ccc4)ccc3c3ccccc32)c1C.[Pt+2].[Pt+2].[Pt+2].[Pt+2]. The molecule has 0 fully saturated rings. The minimum atomic E-state index is 0. The second-order valence-corrected chi connectivity index (χ2v) is 34.3. The van der Waals surface area contributed by atoms with Crippen LogP contribution in [0.5, 0.6) is 46.5 Å². The standard InChI is InChI=1S/2C31H24N4O.2C30H21N3O.4Pt/c1-21-14-17-29(34(2)3)33-31(21)35-27-12-5-4-11-25(27)26-16-15-23(20-28(26)35)22-9-8-10-24(19-22)36-30-13-6-7-18-32-30;1-21-17-24(34(2)3)20-33-31(21)35-28-12-5-4-11-26(28)27-15-14-23(19-29(27)35)22-9-8-10-25(18-22)36-30-13-6-7-16-32-30;1-20-8-7-17-31-30(20)33-27-13-4-3-12-25(27)26-16-15-23(19-28(26)33)22-10-6-11-24(18-22)34-29-14-5-9-21(2)32-29;1-20-15-17-32-30(21(20)2)33-27-11-4-3-10-25(27)26-14-13-23(19-28(26)33)22-8-7-9-24(18-22)34-29-12-5-6-16-31-29;;;;/h4-18H,1-3H3;4-17,20H,1-3H3;2*3-17H,1-2H3;;;;/q4*-2;4*+2. The van der Waals surface area contributed by atoms with E-state index in [0.717, 1.165) is 173 Å². The molecule has 0 aliphatic carbocycles. The largest absolute Gasteiger partial charge is 2.00 e. The number of fused-ring (bicyclic) bond motifs is 12. The molecule has 0 saturated carbocycles. The van der Waals surface area contributed by atoms with Gasteiger partial charge in [-0.25, -0.2) is 84.4 Å². The summed E-state index contributed by atoms with van der Waals surface area (Å²) in [7, 11) is 8.07. The van der Waals surface area contributed by atoms with E-state index in [4.69, 9.17) is 38.9 Å². The van der Waals surface area contributed by atoms with E-state index < -0.39 is 0 Å². The molecule has 0 amide bonds. The molecule has 0 radical (unpaired) electrons. The molecule has 0 saturated heterocycles. The summed E-state index contributed by atoms with van der Waals surface area (Å²) in [4.78, 5) is 40.6. The quantitative estimate of drug-likeness (QED) is 0.0745. The Balaban J connectivity index is 0.000000131. The number of ether oxygens (including phenoxy) is 4. The number of aryl methyl sites for hydroxylation is 5. The van der Waals surface area contributed by atoms with Crippen LogP contribution in [0.15, 0.2) is 365 Å². The first kappa shape index (κ1) is 100. The van der Waals surface area contributed by atoms with Crippen molar-refractivity contribution in [3.63, 3.8) is 0 Å². The number of aromatic nitrogens is 12. The zero-order valence-electron chi connectivity index (χ0n) is 79.8. The fourth-order valence-electron chi connectivity index (χ4n) is 17.6. The molecule has 0 spiro atoms. The van der Waals surface area contributed by atoms with Gasteiger partial charge in [0, 0.05) is 134 Å². The summed E-state index contributed by atoms with van der Waals surface area (Å²) < 4.78 is 32.5. The third kappa shape index (κ3) is 20.8. The van der Waals surface area contributed by atoms with Gasteiger partial charge in [-0.1, -0.05) is 131 Å². The Morgan fingerprint density at radius 2 is 0.576 bits per heavy atom. The van der Waals surface area contributed by atoms with Crippen molar-refractivity contribution >= 4 is 98.7 Å². The topological polar surface area (TPSA) is 166 Å². The Morgan fingerprint density at radius 3 is 0.951 bits per heavy atom. The summed E-state index contributed by atoms with van der Waals surface area (Å²) in [5, 5.41) is 9.24. The van der Waals surface area contributed by atoms with Gasteiger partial charge in [0.1, 0.15) is 29.1 Å². The second kappa shape index (κ2) is 44.4. The van der Waals surface area contributed by atoms with Crippen LogP contribution in [-0.2, 0) is 84.3 Å². The van der Waals surface area contributed by atoms with E-state index >= 15 is 0 Å². The predicted molar refractivity (Wildman–Crippen MR) is 561 cm³/mol. The molecule has 12 aromatic heterocycles. The molecule has 0 aliphatic rings. The zero-order chi connectivity index (χ0) is 95.4. The predicted octanol–water partition coefficient (Wildman–Crippen LogP) is 28.5.